The second-order valence-corrected chi connectivity index (χ2v) is 5.51. The minimum atomic E-state index is -0.486. The number of rotatable bonds is 5. The van der Waals surface area contributed by atoms with E-state index in [1.807, 2.05) is 0 Å². The molecule has 0 unspecified atom stereocenters. The lowest BCUT2D eigenvalue weighted by atomic mass is 10.1. The Morgan fingerprint density at radius 3 is 2.40 bits per heavy atom. The normalized spacial score (nSPS) is 10.7. The van der Waals surface area contributed by atoms with Crippen molar-refractivity contribution in [2.24, 2.45) is 10.8 Å². The fraction of sp³-hybridized carbons (Fsp3) is 0. The molecule has 0 aliphatic heterocycles. The molecule has 0 aromatic heterocycles. The standard InChI is InChI=1S/C16H12Cl2N6O/c17-10-5-3-6-11(18)14(10)22-16(25)9-4-1-2-7-12(9)23-24-13(8-19)15(20)21/h1-7,23H,(H3,20,21)(H,22,25)/b24-13+. The molecule has 0 saturated heterocycles. The number of hydrogen-bond donors (Lipinski definition) is 4. The van der Waals surface area contributed by atoms with Gasteiger partial charge in [-0.2, -0.15) is 10.4 Å². The third kappa shape index (κ3) is 4.47. The summed E-state index contributed by atoms with van der Waals surface area (Å²) >= 11 is 12.1. The predicted octanol–water partition coefficient (Wildman–Crippen LogP) is 3.47. The molecular weight excluding hydrogens is 363 g/mol. The van der Waals surface area contributed by atoms with Gasteiger partial charge < -0.3 is 11.1 Å². The second-order valence-electron chi connectivity index (χ2n) is 4.69. The van der Waals surface area contributed by atoms with E-state index in [1.165, 1.54) is 0 Å². The first kappa shape index (κ1) is 18.3. The molecular formula is C16H12Cl2N6O. The Bertz CT molecular complexity index is 883. The zero-order valence-corrected chi connectivity index (χ0v) is 14.2. The number of amidine groups is 1. The number of halogens is 2. The minimum absolute atomic E-state index is 0.239. The zero-order chi connectivity index (χ0) is 18.4. The number of hydrazone groups is 1. The van der Waals surface area contributed by atoms with Gasteiger partial charge in [-0.25, -0.2) is 0 Å². The van der Waals surface area contributed by atoms with Crippen LogP contribution in [-0.2, 0) is 0 Å². The number of nitrogens with two attached hydrogens (primary N) is 1. The van der Waals surface area contributed by atoms with Gasteiger partial charge in [-0.1, -0.05) is 41.4 Å². The van der Waals surface area contributed by atoms with Crippen LogP contribution in [0.25, 0.3) is 0 Å². The van der Waals surface area contributed by atoms with E-state index in [2.05, 4.69) is 15.8 Å². The summed E-state index contributed by atoms with van der Waals surface area (Å²) in [5.74, 6) is -0.964. The van der Waals surface area contributed by atoms with Crippen molar-refractivity contribution < 1.29 is 4.79 Å². The molecule has 5 N–H and O–H groups in total. The topological polar surface area (TPSA) is 127 Å². The summed E-state index contributed by atoms with van der Waals surface area (Å²) in [7, 11) is 0. The molecule has 0 bridgehead atoms. The number of carbonyl (C=O) groups is 1. The molecule has 2 aromatic carbocycles. The highest BCUT2D eigenvalue weighted by Gasteiger charge is 2.15. The SMILES string of the molecule is N#C/C(=N\Nc1ccccc1C(=O)Nc1c(Cl)cccc1Cl)C(=N)N. The van der Waals surface area contributed by atoms with E-state index in [-0.39, 0.29) is 17.0 Å². The van der Waals surface area contributed by atoms with Gasteiger partial charge in [0, 0.05) is 0 Å². The summed E-state index contributed by atoms with van der Waals surface area (Å²) in [4.78, 5) is 12.5. The highest BCUT2D eigenvalue weighted by molar-refractivity contribution is 6.46. The zero-order valence-electron chi connectivity index (χ0n) is 12.7. The second kappa shape index (κ2) is 8.15. The Morgan fingerprint density at radius 1 is 1.16 bits per heavy atom. The van der Waals surface area contributed by atoms with Crippen molar-refractivity contribution in [2.75, 3.05) is 10.7 Å². The molecule has 0 saturated carbocycles. The van der Waals surface area contributed by atoms with Crippen LogP contribution in [0.15, 0.2) is 47.6 Å². The summed E-state index contributed by atoms with van der Waals surface area (Å²) in [6.45, 7) is 0. The molecule has 2 rings (SSSR count). The average molecular weight is 375 g/mol. The lowest BCUT2D eigenvalue weighted by molar-refractivity contribution is 0.102. The number of para-hydroxylation sites is 2. The molecule has 0 fully saturated rings. The average Bonchev–Trinajstić information content (AvgIpc) is 2.58. The van der Waals surface area contributed by atoms with E-state index in [0.29, 0.717) is 15.7 Å². The third-order valence-electron chi connectivity index (χ3n) is 3.02. The highest BCUT2D eigenvalue weighted by atomic mass is 35.5. The van der Waals surface area contributed by atoms with E-state index in [9.17, 15) is 4.79 Å². The van der Waals surface area contributed by atoms with Crippen molar-refractivity contribution in [1.82, 2.24) is 0 Å². The van der Waals surface area contributed by atoms with Crippen molar-refractivity contribution in [2.45, 2.75) is 0 Å². The summed E-state index contributed by atoms with van der Waals surface area (Å²) in [5.41, 5.74) is 8.33. The summed E-state index contributed by atoms with van der Waals surface area (Å²) in [5, 5.41) is 23.0. The van der Waals surface area contributed by atoms with Gasteiger partial charge in [-0.15, -0.1) is 0 Å². The van der Waals surface area contributed by atoms with Crippen molar-refractivity contribution >= 4 is 52.0 Å². The monoisotopic (exact) mass is 374 g/mol. The van der Waals surface area contributed by atoms with E-state index in [4.69, 9.17) is 39.6 Å². The Labute approximate surface area is 153 Å². The molecule has 0 heterocycles. The number of anilines is 2. The molecule has 0 atom stereocenters. The third-order valence-corrected chi connectivity index (χ3v) is 3.65. The van der Waals surface area contributed by atoms with Gasteiger partial charge in [0.2, 0.25) is 5.71 Å². The lowest BCUT2D eigenvalue weighted by Gasteiger charge is -2.12. The van der Waals surface area contributed by atoms with Crippen molar-refractivity contribution in [3.8, 4) is 6.07 Å². The maximum atomic E-state index is 12.5. The van der Waals surface area contributed by atoms with Crippen LogP contribution in [0.5, 0.6) is 0 Å². The van der Waals surface area contributed by atoms with E-state index >= 15 is 0 Å². The van der Waals surface area contributed by atoms with Crippen molar-refractivity contribution in [3.63, 3.8) is 0 Å². The lowest BCUT2D eigenvalue weighted by Crippen LogP contribution is -2.22. The first-order valence-corrected chi connectivity index (χ1v) is 7.62. The number of nitrogens with zero attached hydrogens (tertiary/aromatic N) is 2. The predicted molar refractivity (Wildman–Crippen MR) is 99.4 cm³/mol. The van der Waals surface area contributed by atoms with Crippen LogP contribution < -0.4 is 16.5 Å². The molecule has 25 heavy (non-hydrogen) atoms. The molecule has 1 amide bonds. The van der Waals surface area contributed by atoms with Gasteiger partial charge in [0.1, 0.15) is 6.07 Å². The first-order chi connectivity index (χ1) is 11.9. The molecule has 0 radical (unpaired) electrons. The van der Waals surface area contributed by atoms with Crippen molar-refractivity contribution in [3.05, 3.63) is 58.1 Å². The Hall–Kier alpha value is -3.08. The van der Waals surface area contributed by atoms with Crippen LogP contribution in [-0.4, -0.2) is 17.5 Å². The van der Waals surface area contributed by atoms with Gasteiger partial charge in [0.25, 0.3) is 5.91 Å². The molecule has 0 aliphatic rings. The van der Waals surface area contributed by atoms with Gasteiger partial charge in [0.15, 0.2) is 5.84 Å². The smallest absolute Gasteiger partial charge is 0.257 e. The molecule has 7 nitrogen and oxygen atoms in total. The maximum absolute atomic E-state index is 12.5. The number of carbonyl (C=O) groups excluding carboxylic acids is 1. The van der Waals surface area contributed by atoms with Gasteiger partial charge >= 0.3 is 0 Å². The molecule has 0 spiro atoms. The molecule has 9 heteroatoms. The summed E-state index contributed by atoms with van der Waals surface area (Å²) in [6, 6.07) is 13.0. The summed E-state index contributed by atoms with van der Waals surface area (Å²) < 4.78 is 0. The van der Waals surface area contributed by atoms with Gasteiger partial charge in [-0.3, -0.25) is 15.6 Å². The fourth-order valence-electron chi connectivity index (χ4n) is 1.84. The minimum Gasteiger partial charge on any atom is -0.382 e. The Balaban J connectivity index is 2.30. The molecule has 126 valence electrons. The van der Waals surface area contributed by atoms with Crippen LogP contribution in [0.2, 0.25) is 10.0 Å². The number of nitrogens with one attached hydrogen (secondary N) is 3. The van der Waals surface area contributed by atoms with E-state index in [1.54, 1.807) is 48.5 Å². The number of hydrogen-bond acceptors (Lipinski definition) is 5. The van der Waals surface area contributed by atoms with Crippen LogP contribution in [0.4, 0.5) is 11.4 Å². The summed E-state index contributed by atoms with van der Waals surface area (Å²) in [6.07, 6.45) is 0. The molecule has 0 aliphatic carbocycles. The van der Waals surface area contributed by atoms with Crippen LogP contribution in [0, 0.1) is 16.7 Å². The number of nitriles is 1. The van der Waals surface area contributed by atoms with Crippen molar-refractivity contribution in [1.29, 1.82) is 10.7 Å². The maximum Gasteiger partial charge on any atom is 0.257 e. The van der Waals surface area contributed by atoms with E-state index < -0.39 is 11.7 Å². The number of benzene rings is 2. The van der Waals surface area contributed by atoms with Gasteiger partial charge in [-0.05, 0) is 24.3 Å². The van der Waals surface area contributed by atoms with Crippen LogP contribution in [0.3, 0.4) is 0 Å². The highest BCUT2D eigenvalue weighted by Crippen LogP contribution is 2.30. The Morgan fingerprint density at radius 2 is 1.80 bits per heavy atom. The Kier molecular flexibility index (Phi) is 5.95. The van der Waals surface area contributed by atoms with Crippen LogP contribution in [0.1, 0.15) is 10.4 Å². The molecule has 2 aromatic rings. The van der Waals surface area contributed by atoms with Crippen LogP contribution >= 0.6 is 23.2 Å². The quantitative estimate of drug-likeness (QED) is 0.362. The van der Waals surface area contributed by atoms with E-state index in [0.717, 1.165) is 0 Å². The first-order valence-electron chi connectivity index (χ1n) is 6.86. The largest absolute Gasteiger partial charge is 0.382 e. The number of amides is 1. The fourth-order valence-corrected chi connectivity index (χ4v) is 2.33. The van der Waals surface area contributed by atoms with Gasteiger partial charge in [0.05, 0.1) is 27.0 Å².